The topological polar surface area (TPSA) is 21.3 Å². The summed E-state index contributed by atoms with van der Waals surface area (Å²) in [6, 6.07) is 0.843. The Morgan fingerprint density at radius 1 is 1.05 bits per heavy atom. The normalized spacial score (nSPS) is 21.3. The van der Waals surface area contributed by atoms with Gasteiger partial charge >= 0.3 is 0 Å². The molecule has 2 aliphatic carbocycles. The van der Waals surface area contributed by atoms with Gasteiger partial charge in [-0.3, -0.25) is 0 Å². The number of nitrogens with one attached hydrogen (secondary N) is 1. The summed E-state index contributed by atoms with van der Waals surface area (Å²) in [5.74, 6) is 0. The Hall–Kier alpha value is -0.0800. The van der Waals surface area contributed by atoms with E-state index in [0.717, 1.165) is 12.6 Å². The molecular formula is C17H33NO. The van der Waals surface area contributed by atoms with E-state index >= 15 is 0 Å². The minimum absolute atomic E-state index is 0.269. The Bertz CT molecular complexity index is 233. The van der Waals surface area contributed by atoms with Crippen molar-refractivity contribution < 1.29 is 4.74 Å². The fourth-order valence-corrected chi connectivity index (χ4v) is 3.00. The Morgan fingerprint density at radius 2 is 1.79 bits per heavy atom. The molecule has 0 spiro atoms. The quantitative estimate of drug-likeness (QED) is 0.528. The van der Waals surface area contributed by atoms with Gasteiger partial charge in [0.2, 0.25) is 0 Å². The van der Waals surface area contributed by atoms with Crippen LogP contribution in [-0.4, -0.2) is 24.8 Å². The van der Waals surface area contributed by atoms with Crippen LogP contribution in [0.2, 0.25) is 0 Å². The molecule has 0 heterocycles. The molecule has 2 nitrogen and oxygen atoms in total. The van der Waals surface area contributed by atoms with Gasteiger partial charge in [0, 0.05) is 12.6 Å². The third kappa shape index (κ3) is 5.83. The second kappa shape index (κ2) is 8.26. The van der Waals surface area contributed by atoms with E-state index in [1.165, 1.54) is 83.6 Å². The Labute approximate surface area is 119 Å². The van der Waals surface area contributed by atoms with Crippen molar-refractivity contribution in [2.75, 3.05) is 13.2 Å². The first kappa shape index (κ1) is 15.3. The van der Waals surface area contributed by atoms with Crippen LogP contribution in [0.3, 0.4) is 0 Å². The van der Waals surface area contributed by atoms with Crippen LogP contribution in [0.4, 0.5) is 0 Å². The minimum Gasteiger partial charge on any atom is -0.375 e. The molecule has 19 heavy (non-hydrogen) atoms. The van der Waals surface area contributed by atoms with Gasteiger partial charge in [0.15, 0.2) is 0 Å². The van der Waals surface area contributed by atoms with Gasteiger partial charge in [-0.15, -0.1) is 0 Å². The molecule has 0 aliphatic heterocycles. The summed E-state index contributed by atoms with van der Waals surface area (Å²) in [7, 11) is 0. The van der Waals surface area contributed by atoms with Gasteiger partial charge in [0.1, 0.15) is 0 Å². The number of hydrogen-bond acceptors (Lipinski definition) is 2. The average Bonchev–Trinajstić information content (AvgIpc) is 3.17. The van der Waals surface area contributed by atoms with Gasteiger partial charge in [0.25, 0.3) is 0 Å². The second-order valence-electron chi connectivity index (χ2n) is 6.63. The summed E-state index contributed by atoms with van der Waals surface area (Å²) in [6.07, 6.45) is 16.2. The zero-order valence-corrected chi connectivity index (χ0v) is 12.9. The van der Waals surface area contributed by atoms with Crippen LogP contribution < -0.4 is 5.32 Å². The molecule has 2 rings (SSSR count). The van der Waals surface area contributed by atoms with Crippen LogP contribution in [0.15, 0.2) is 0 Å². The van der Waals surface area contributed by atoms with Crippen molar-refractivity contribution in [3.8, 4) is 0 Å². The van der Waals surface area contributed by atoms with Crippen molar-refractivity contribution in [2.24, 2.45) is 0 Å². The summed E-state index contributed by atoms with van der Waals surface area (Å²) in [6.45, 7) is 4.44. The van der Waals surface area contributed by atoms with Gasteiger partial charge in [0.05, 0.1) is 5.60 Å². The summed E-state index contributed by atoms with van der Waals surface area (Å²) >= 11 is 0. The molecule has 0 unspecified atom stereocenters. The van der Waals surface area contributed by atoms with E-state index in [1.54, 1.807) is 0 Å². The standard InChI is InChI=1S/C17H33NO/c1-2-3-4-5-6-7-15-19-17(11-8-12-17)13-14-18-16-9-10-16/h16,18H,2-15H2,1H3. The first-order valence-electron chi connectivity index (χ1n) is 8.72. The Kier molecular flexibility index (Phi) is 6.66. The first-order chi connectivity index (χ1) is 9.35. The van der Waals surface area contributed by atoms with E-state index in [-0.39, 0.29) is 5.60 Å². The molecule has 1 N–H and O–H groups in total. The summed E-state index contributed by atoms with van der Waals surface area (Å²) < 4.78 is 6.23. The van der Waals surface area contributed by atoms with Gasteiger partial charge < -0.3 is 10.1 Å². The zero-order valence-electron chi connectivity index (χ0n) is 12.9. The van der Waals surface area contributed by atoms with E-state index < -0.39 is 0 Å². The molecule has 0 radical (unpaired) electrons. The fraction of sp³-hybridized carbons (Fsp3) is 1.00. The van der Waals surface area contributed by atoms with Crippen LogP contribution in [0.1, 0.15) is 84.0 Å². The summed E-state index contributed by atoms with van der Waals surface area (Å²) in [4.78, 5) is 0. The molecular weight excluding hydrogens is 234 g/mol. The molecule has 112 valence electrons. The van der Waals surface area contributed by atoms with Crippen molar-refractivity contribution in [1.82, 2.24) is 5.32 Å². The molecule has 2 heteroatoms. The van der Waals surface area contributed by atoms with E-state index in [4.69, 9.17) is 4.74 Å². The predicted molar refractivity (Wildman–Crippen MR) is 81.6 cm³/mol. The fourth-order valence-electron chi connectivity index (χ4n) is 3.00. The number of hydrogen-bond donors (Lipinski definition) is 1. The third-order valence-electron chi connectivity index (χ3n) is 4.76. The van der Waals surface area contributed by atoms with Crippen LogP contribution >= 0.6 is 0 Å². The van der Waals surface area contributed by atoms with Crippen LogP contribution in [0.5, 0.6) is 0 Å². The average molecular weight is 267 g/mol. The Morgan fingerprint density at radius 3 is 2.42 bits per heavy atom. The van der Waals surface area contributed by atoms with Crippen LogP contribution in [0.25, 0.3) is 0 Å². The first-order valence-corrected chi connectivity index (χ1v) is 8.72. The van der Waals surface area contributed by atoms with Gasteiger partial charge in [-0.2, -0.15) is 0 Å². The lowest BCUT2D eigenvalue weighted by Gasteiger charge is -2.42. The van der Waals surface area contributed by atoms with Crippen molar-refractivity contribution in [2.45, 2.75) is 95.6 Å². The van der Waals surface area contributed by atoms with Crippen molar-refractivity contribution in [3.05, 3.63) is 0 Å². The minimum atomic E-state index is 0.269. The molecule has 0 aromatic rings. The largest absolute Gasteiger partial charge is 0.375 e. The molecule has 2 fully saturated rings. The lowest BCUT2D eigenvalue weighted by Crippen LogP contribution is -2.43. The third-order valence-corrected chi connectivity index (χ3v) is 4.76. The van der Waals surface area contributed by atoms with Crippen LogP contribution in [-0.2, 0) is 4.74 Å². The molecule has 0 amide bonds. The maximum atomic E-state index is 6.23. The molecule has 0 saturated heterocycles. The maximum absolute atomic E-state index is 6.23. The predicted octanol–water partition coefficient (Wildman–Crippen LogP) is 4.43. The van der Waals surface area contributed by atoms with E-state index in [2.05, 4.69) is 12.2 Å². The molecule has 2 aliphatic rings. The molecule has 0 atom stereocenters. The Balaban J connectivity index is 1.46. The smallest absolute Gasteiger partial charge is 0.0694 e. The second-order valence-corrected chi connectivity index (χ2v) is 6.63. The molecule has 0 bridgehead atoms. The van der Waals surface area contributed by atoms with E-state index in [9.17, 15) is 0 Å². The van der Waals surface area contributed by atoms with Crippen molar-refractivity contribution in [1.29, 1.82) is 0 Å². The SMILES string of the molecule is CCCCCCCCOC1(CCNC2CC2)CCC1. The van der Waals surface area contributed by atoms with Gasteiger partial charge in [-0.1, -0.05) is 39.0 Å². The number of rotatable bonds is 12. The van der Waals surface area contributed by atoms with Gasteiger partial charge in [-0.25, -0.2) is 0 Å². The van der Waals surface area contributed by atoms with Crippen LogP contribution in [0, 0.1) is 0 Å². The highest BCUT2D eigenvalue weighted by Crippen LogP contribution is 2.38. The monoisotopic (exact) mass is 267 g/mol. The molecule has 0 aromatic heterocycles. The van der Waals surface area contributed by atoms with Crippen molar-refractivity contribution in [3.63, 3.8) is 0 Å². The van der Waals surface area contributed by atoms with E-state index in [1.807, 2.05) is 0 Å². The lowest BCUT2D eigenvalue weighted by atomic mass is 9.77. The summed E-state index contributed by atoms with van der Waals surface area (Å²) in [5.41, 5.74) is 0.269. The molecule has 2 saturated carbocycles. The maximum Gasteiger partial charge on any atom is 0.0694 e. The molecule has 0 aromatic carbocycles. The highest BCUT2D eigenvalue weighted by molar-refractivity contribution is 4.91. The zero-order chi connectivity index (χ0) is 13.4. The number of unbranched alkanes of at least 4 members (excludes halogenated alkanes) is 5. The summed E-state index contributed by atoms with van der Waals surface area (Å²) in [5, 5.41) is 3.63. The van der Waals surface area contributed by atoms with Gasteiger partial charge in [-0.05, 0) is 51.5 Å². The lowest BCUT2D eigenvalue weighted by molar-refractivity contribution is -0.105. The number of ether oxygens (including phenoxy) is 1. The van der Waals surface area contributed by atoms with E-state index in [0.29, 0.717) is 0 Å². The highest BCUT2D eigenvalue weighted by atomic mass is 16.5. The van der Waals surface area contributed by atoms with Crippen molar-refractivity contribution >= 4 is 0 Å². The highest BCUT2D eigenvalue weighted by Gasteiger charge is 2.37.